The molecular formula is C14H11F2N3O2. The molecule has 0 fully saturated rings. The van der Waals surface area contributed by atoms with Crippen LogP contribution in [0.15, 0.2) is 41.7 Å². The third kappa shape index (κ3) is 2.82. The number of hydrogen-bond donors (Lipinski definition) is 2. The molecule has 0 saturated carbocycles. The van der Waals surface area contributed by atoms with E-state index in [1.165, 1.54) is 12.3 Å². The summed E-state index contributed by atoms with van der Waals surface area (Å²) in [5.41, 5.74) is 1.15. The van der Waals surface area contributed by atoms with Gasteiger partial charge in [-0.05, 0) is 18.2 Å². The molecule has 0 radical (unpaired) electrons. The van der Waals surface area contributed by atoms with E-state index in [2.05, 4.69) is 15.3 Å². The average molecular weight is 291 g/mol. The predicted molar refractivity (Wildman–Crippen MR) is 71.3 cm³/mol. The summed E-state index contributed by atoms with van der Waals surface area (Å²) in [6.45, 7) is -0.0174. The fourth-order valence-corrected chi connectivity index (χ4v) is 1.93. The van der Waals surface area contributed by atoms with Crippen molar-refractivity contribution in [2.24, 2.45) is 4.99 Å². The summed E-state index contributed by atoms with van der Waals surface area (Å²) >= 11 is 0. The molecule has 108 valence electrons. The number of benzene rings is 1. The topological polar surface area (TPSA) is 66.7 Å². The fraction of sp³-hybridized carbons (Fsp3) is 0.143. The van der Waals surface area contributed by atoms with Gasteiger partial charge in [-0.1, -0.05) is 0 Å². The minimum absolute atomic E-state index is 0.0174. The molecule has 21 heavy (non-hydrogen) atoms. The van der Waals surface area contributed by atoms with E-state index in [4.69, 9.17) is 4.74 Å². The zero-order valence-electron chi connectivity index (χ0n) is 10.8. The minimum atomic E-state index is -0.986. The number of rotatable bonds is 3. The number of pyridine rings is 1. The predicted octanol–water partition coefficient (Wildman–Crippen LogP) is 2.06. The lowest BCUT2D eigenvalue weighted by molar-refractivity contribution is 0.158. The van der Waals surface area contributed by atoms with Crippen LogP contribution in [0.3, 0.4) is 0 Å². The van der Waals surface area contributed by atoms with Crippen molar-refractivity contribution in [3.05, 3.63) is 53.9 Å². The maximum absolute atomic E-state index is 13.1. The van der Waals surface area contributed by atoms with Gasteiger partial charge in [0.2, 0.25) is 0 Å². The Balaban J connectivity index is 1.74. The highest BCUT2D eigenvalue weighted by atomic mass is 19.2. The summed E-state index contributed by atoms with van der Waals surface area (Å²) in [5, 5.41) is 12.7. The average Bonchev–Trinajstić information content (AvgIpc) is 2.49. The molecule has 0 bridgehead atoms. The highest BCUT2D eigenvalue weighted by Gasteiger charge is 2.19. The number of fused-ring (bicyclic) bond motifs is 1. The van der Waals surface area contributed by atoms with Crippen molar-refractivity contribution in [1.29, 1.82) is 0 Å². The van der Waals surface area contributed by atoms with Crippen LogP contribution in [0.4, 0.5) is 14.5 Å². The van der Waals surface area contributed by atoms with Gasteiger partial charge in [0, 0.05) is 17.8 Å². The van der Waals surface area contributed by atoms with Crippen molar-refractivity contribution < 1.29 is 18.6 Å². The molecule has 1 aromatic heterocycles. The molecule has 1 aliphatic heterocycles. The molecule has 1 atom stereocenters. The molecule has 2 aromatic rings. The van der Waals surface area contributed by atoms with E-state index in [1.807, 2.05) is 0 Å². The Morgan fingerprint density at radius 2 is 2.10 bits per heavy atom. The summed E-state index contributed by atoms with van der Waals surface area (Å²) in [5.74, 6) is -1.39. The summed E-state index contributed by atoms with van der Waals surface area (Å²) in [6.07, 6.45) is 2.17. The van der Waals surface area contributed by atoms with Crippen LogP contribution in [-0.4, -0.2) is 22.5 Å². The first kappa shape index (κ1) is 13.4. The Morgan fingerprint density at radius 1 is 1.24 bits per heavy atom. The molecule has 1 aliphatic rings. The molecule has 2 N–H and O–H groups in total. The molecule has 5 nitrogen and oxygen atoms in total. The molecule has 1 aromatic carbocycles. The van der Waals surface area contributed by atoms with Crippen molar-refractivity contribution in [3.8, 4) is 5.75 Å². The highest BCUT2D eigenvalue weighted by Crippen LogP contribution is 2.26. The van der Waals surface area contributed by atoms with Crippen molar-refractivity contribution in [2.75, 3.05) is 6.61 Å². The summed E-state index contributed by atoms with van der Waals surface area (Å²) < 4.78 is 31.2. The SMILES string of the molecule is OC1NC(COc2ccc(F)c(F)c2)=Nc2cnccc21. The Morgan fingerprint density at radius 3 is 2.90 bits per heavy atom. The number of aliphatic imine (C=N–C) groups is 1. The van der Waals surface area contributed by atoms with Gasteiger partial charge in [-0.15, -0.1) is 0 Å². The van der Waals surface area contributed by atoms with Crippen LogP contribution < -0.4 is 10.1 Å². The van der Waals surface area contributed by atoms with Crippen LogP contribution >= 0.6 is 0 Å². The maximum Gasteiger partial charge on any atom is 0.162 e. The molecule has 0 aliphatic carbocycles. The fourth-order valence-electron chi connectivity index (χ4n) is 1.93. The lowest BCUT2D eigenvalue weighted by Gasteiger charge is -2.22. The third-order valence-electron chi connectivity index (χ3n) is 2.95. The Labute approximate surface area is 118 Å². The summed E-state index contributed by atoms with van der Waals surface area (Å²) in [4.78, 5) is 8.17. The largest absolute Gasteiger partial charge is 0.486 e. The number of aromatic nitrogens is 1. The van der Waals surface area contributed by atoms with E-state index in [0.29, 0.717) is 17.1 Å². The first-order chi connectivity index (χ1) is 10.1. The second kappa shape index (κ2) is 5.45. The molecule has 2 heterocycles. The smallest absolute Gasteiger partial charge is 0.162 e. The van der Waals surface area contributed by atoms with E-state index in [-0.39, 0.29) is 12.4 Å². The Kier molecular flexibility index (Phi) is 3.49. The first-order valence-corrected chi connectivity index (χ1v) is 6.17. The van der Waals surface area contributed by atoms with Gasteiger partial charge in [0.05, 0.1) is 11.9 Å². The summed E-state index contributed by atoms with van der Waals surface area (Å²) in [7, 11) is 0. The van der Waals surface area contributed by atoms with Crippen LogP contribution in [0.1, 0.15) is 11.8 Å². The molecule has 0 saturated heterocycles. The van der Waals surface area contributed by atoms with Crippen LogP contribution in [0.5, 0.6) is 5.75 Å². The standard InChI is InChI=1S/C14H11F2N3O2/c15-10-2-1-8(5-11(10)16)21-7-13-18-12-6-17-4-3-9(12)14(20)19-13/h1-6,14,20H,7H2,(H,18,19). The second-order valence-corrected chi connectivity index (χ2v) is 4.40. The van der Waals surface area contributed by atoms with Crippen LogP contribution in [0.25, 0.3) is 0 Å². The maximum atomic E-state index is 13.1. The molecule has 0 amide bonds. The third-order valence-corrected chi connectivity index (χ3v) is 2.95. The van der Waals surface area contributed by atoms with Gasteiger partial charge in [-0.2, -0.15) is 0 Å². The van der Waals surface area contributed by atoms with Gasteiger partial charge in [-0.25, -0.2) is 13.8 Å². The van der Waals surface area contributed by atoms with E-state index in [9.17, 15) is 13.9 Å². The molecule has 7 heteroatoms. The molecular weight excluding hydrogens is 280 g/mol. The number of halogens is 2. The number of hydrogen-bond acceptors (Lipinski definition) is 5. The number of aliphatic hydroxyl groups excluding tert-OH is 1. The van der Waals surface area contributed by atoms with Gasteiger partial charge >= 0.3 is 0 Å². The Bertz CT molecular complexity index is 706. The van der Waals surface area contributed by atoms with Gasteiger partial charge < -0.3 is 15.2 Å². The molecule has 0 spiro atoms. The van der Waals surface area contributed by atoms with Crippen molar-refractivity contribution in [2.45, 2.75) is 6.23 Å². The minimum Gasteiger partial charge on any atom is -0.486 e. The van der Waals surface area contributed by atoms with E-state index in [1.54, 1.807) is 12.3 Å². The van der Waals surface area contributed by atoms with Crippen molar-refractivity contribution >= 4 is 11.5 Å². The highest BCUT2D eigenvalue weighted by molar-refractivity contribution is 5.88. The van der Waals surface area contributed by atoms with Gasteiger partial charge in [-0.3, -0.25) is 4.98 Å². The monoisotopic (exact) mass is 291 g/mol. The second-order valence-electron chi connectivity index (χ2n) is 4.40. The number of ether oxygens (including phenoxy) is 1. The number of aliphatic hydroxyl groups is 1. The van der Waals surface area contributed by atoms with E-state index in [0.717, 1.165) is 12.1 Å². The molecule has 3 rings (SSSR count). The quantitative estimate of drug-likeness (QED) is 0.908. The van der Waals surface area contributed by atoms with Crippen LogP contribution in [-0.2, 0) is 0 Å². The van der Waals surface area contributed by atoms with E-state index >= 15 is 0 Å². The molecule has 1 unspecified atom stereocenters. The zero-order valence-corrected chi connectivity index (χ0v) is 10.8. The van der Waals surface area contributed by atoms with Crippen molar-refractivity contribution in [1.82, 2.24) is 10.3 Å². The Hall–Kier alpha value is -2.54. The number of amidine groups is 1. The zero-order chi connectivity index (χ0) is 14.8. The number of nitrogens with one attached hydrogen (secondary N) is 1. The van der Waals surface area contributed by atoms with Crippen LogP contribution in [0.2, 0.25) is 0 Å². The summed E-state index contributed by atoms with van der Waals surface area (Å²) in [6, 6.07) is 4.90. The lowest BCUT2D eigenvalue weighted by atomic mass is 10.2. The number of nitrogens with zero attached hydrogens (tertiary/aromatic N) is 2. The lowest BCUT2D eigenvalue weighted by Crippen LogP contribution is -2.35. The van der Waals surface area contributed by atoms with Gasteiger partial charge in [0.1, 0.15) is 18.2 Å². The first-order valence-electron chi connectivity index (χ1n) is 6.17. The van der Waals surface area contributed by atoms with Gasteiger partial charge in [0.15, 0.2) is 17.9 Å². The van der Waals surface area contributed by atoms with E-state index < -0.39 is 17.9 Å². The van der Waals surface area contributed by atoms with Crippen molar-refractivity contribution in [3.63, 3.8) is 0 Å². The van der Waals surface area contributed by atoms with Crippen LogP contribution in [0, 0.1) is 11.6 Å². The van der Waals surface area contributed by atoms with Gasteiger partial charge in [0.25, 0.3) is 0 Å². The normalized spacial score (nSPS) is 16.7.